The van der Waals surface area contributed by atoms with E-state index < -0.39 is 0 Å². The minimum atomic E-state index is 0.364. The Morgan fingerprint density at radius 2 is 2.24 bits per heavy atom. The molecule has 0 radical (unpaired) electrons. The molecular weight excluding hydrogens is 250 g/mol. The summed E-state index contributed by atoms with van der Waals surface area (Å²) in [4.78, 5) is 0. The molecule has 1 aromatic rings. The molecule has 4 atom stereocenters. The van der Waals surface area contributed by atoms with Crippen LogP contribution in [-0.2, 0) is 7.05 Å². The second kappa shape index (κ2) is 5.67. The van der Waals surface area contributed by atoms with Crippen molar-refractivity contribution < 1.29 is 0 Å². The van der Waals surface area contributed by atoms with Crippen molar-refractivity contribution in [1.82, 2.24) is 15.1 Å². The lowest BCUT2D eigenvalue weighted by Gasteiger charge is -2.35. The van der Waals surface area contributed by atoms with Gasteiger partial charge in [0.1, 0.15) is 0 Å². The van der Waals surface area contributed by atoms with Gasteiger partial charge in [0.2, 0.25) is 0 Å². The van der Waals surface area contributed by atoms with E-state index in [0.717, 1.165) is 16.2 Å². The highest BCUT2D eigenvalue weighted by Crippen LogP contribution is 2.40. The van der Waals surface area contributed by atoms with E-state index in [-0.39, 0.29) is 0 Å². The van der Waals surface area contributed by atoms with Gasteiger partial charge in [-0.3, -0.25) is 4.68 Å². The van der Waals surface area contributed by atoms with E-state index in [9.17, 15) is 0 Å². The van der Waals surface area contributed by atoms with Crippen molar-refractivity contribution in [1.29, 1.82) is 0 Å². The zero-order chi connectivity index (χ0) is 12.4. The van der Waals surface area contributed by atoms with E-state index in [1.54, 1.807) is 0 Å². The Kier molecular flexibility index (Phi) is 4.44. The standard InChI is InChI=1S/C12H21N3S2/c1-8-9(2)17-11(7-16-8)12(13-3)10-5-6-15(4)14-10/h5-6,8-9,11-13H,7H2,1-4H3. The third-order valence-electron chi connectivity index (χ3n) is 3.31. The summed E-state index contributed by atoms with van der Waals surface area (Å²) in [7, 11) is 4.01. The highest BCUT2D eigenvalue weighted by atomic mass is 32.2. The average molecular weight is 271 g/mol. The van der Waals surface area contributed by atoms with E-state index >= 15 is 0 Å². The first kappa shape index (κ1) is 13.3. The summed E-state index contributed by atoms with van der Waals surface area (Å²) in [5.74, 6) is 1.21. The Morgan fingerprint density at radius 1 is 1.47 bits per heavy atom. The second-order valence-electron chi connectivity index (χ2n) is 4.60. The molecule has 0 amide bonds. The molecule has 1 N–H and O–H groups in total. The highest BCUT2D eigenvalue weighted by Gasteiger charge is 2.32. The van der Waals surface area contributed by atoms with Gasteiger partial charge in [-0.05, 0) is 13.1 Å². The molecule has 0 bridgehead atoms. The Balaban J connectivity index is 2.08. The van der Waals surface area contributed by atoms with Crippen molar-refractivity contribution in [2.45, 2.75) is 35.6 Å². The predicted octanol–water partition coefficient (Wildman–Crippen LogP) is 2.31. The molecule has 2 rings (SSSR count). The lowest BCUT2D eigenvalue weighted by atomic mass is 10.1. The first-order valence-corrected chi connectivity index (χ1v) is 8.05. The van der Waals surface area contributed by atoms with Crippen LogP contribution in [0.2, 0.25) is 0 Å². The average Bonchev–Trinajstić information content (AvgIpc) is 2.71. The molecule has 96 valence electrons. The van der Waals surface area contributed by atoms with Gasteiger partial charge in [0, 0.05) is 34.7 Å². The third-order valence-corrected chi connectivity index (χ3v) is 6.80. The molecule has 1 aromatic heterocycles. The second-order valence-corrected chi connectivity index (χ2v) is 7.63. The van der Waals surface area contributed by atoms with E-state index in [1.165, 1.54) is 5.75 Å². The van der Waals surface area contributed by atoms with Crippen LogP contribution in [0.15, 0.2) is 12.3 Å². The van der Waals surface area contributed by atoms with Crippen LogP contribution in [0, 0.1) is 0 Å². The molecule has 0 saturated carbocycles. The van der Waals surface area contributed by atoms with Crippen molar-refractivity contribution in [2.75, 3.05) is 12.8 Å². The lowest BCUT2D eigenvalue weighted by molar-refractivity contribution is 0.560. The SMILES string of the molecule is CNC(c1ccn(C)n1)C1CSC(C)C(C)S1. The molecule has 0 aromatic carbocycles. The van der Waals surface area contributed by atoms with E-state index in [1.807, 2.05) is 25.0 Å². The van der Waals surface area contributed by atoms with Crippen LogP contribution < -0.4 is 5.32 Å². The maximum Gasteiger partial charge on any atom is 0.0805 e. The fourth-order valence-electron chi connectivity index (χ4n) is 2.11. The first-order valence-electron chi connectivity index (χ1n) is 6.05. The Morgan fingerprint density at radius 3 is 2.76 bits per heavy atom. The summed E-state index contributed by atoms with van der Waals surface area (Å²) < 4.78 is 1.88. The number of nitrogens with zero attached hydrogens (tertiary/aromatic N) is 2. The Hall–Kier alpha value is -0.130. The van der Waals surface area contributed by atoms with Crippen LogP contribution in [-0.4, -0.2) is 38.3 Å². The van der Waals surface area contributed by atoms with Gasteiger partial charge >= 0.3 is 0 Å². The summed E-state index contributed by atoms with van der Waals surface area (Å²) in [6.45, 7) is 4.66. The molecule has 0 spiro atoms. The van der Waals surface area contributed by atoms with Crippen LogP contribution >= 0.6 is 23.5 Å². The quantitative estimate of drug-likeness (QED) is 0.914. The molecule has 4 unspecified atom stereocenters. The number of hydrogen-bond donors (Lipinski definition) is 1. The van der Waals surface area contributed by atoms with Gasteiger partial charge in [-0.1, -0.05) is 13.8 Å². The normalized spacial score (nSPS) is 31.4. The molecule has 5 heteroatoms. The van der Waals surface area contributed by atoms with Crippen molar-refractivity contribution in [3.05, 3.63) is 18.0 Å². The maximum atomic E-state index is 4.53. The van der Waals surface area contributed by atoms with Crippen LogP contribution in [0.4, 0.5) is 0 Å². The van der Waals surface area contributed by atoms with Gasteiger partial charge in [-0.25, -0.2) is 0 Å². The number of nitrogens with one attached hydrogen (secondary N) is 1. The van der Waals surface area contributed by atoms with Gasteiger partial charge < -0.3 is 5.32 Å². The molecule has 3 nitrogen and oxygen atoms in total. The Labute approximate surface area is 112 Å². The van der Waals surface area contributed by atoms with Gasteiger partial charge in [0.05, 0.1) is 11.7 Å². The zero-order valence-electron chi connectivity index (χ0n) is 10.9. The zero-order valence-corrected chi connectivity index (χ0v) is 12.5. The molecule has 2 heterocycles. The molecule has 1 fully saturated rings. The summed E-state index contributed by atoms with van der Waals surface area (Å²) in [5, 5.41) is 10.1. The molecule has 1 aliphatic rings. The van der Waals surface area contributed by atoms with Crippen LogP contribution in [0.3, 0.4) is 0 Å². The first-order chi connectivity index (χ1) is 8.11. The molecule has 17 heavy (non-hydrogen) atoms. The molecule has 1 aliphatic heterocycles. The van der Waals surface area contributed by atoms with Gasteiger partial charge in [-0.15, -0.1) is 0 Å². The summed E-state index contributed by atoms with van der Waals surface area (Å²) in [6, 6.07) is 2.48. The van der Waals surface area contributed by atoms with Crippen LogP contribution in [0.1, 0.15) is 25.6 Å². The number of aryl methyl sites for hydroxylation is 1. The summed E-state index contributed by atoms with van der Waals surface area (Å²) >= 11 is 4.18. The van der Waals surface area contributed by atoms with E-state index in [4.69, 9.17) is 0 Å². The number of thioether (sulfide) groups is 2. The van der Waals surface area contributed by atoms with E-state index in [0.29, 0.717) is 11.3 Å². The fourth-order valence-corrected chi connectivity index (χ4v) is 5.25. The van der Waals surface area contributed by atoms with Gasteiger partial charge in [-0.2, -0.15) is 28.6 Å². The van der Waals surface area contributed by atoms with Crippen molar-refractivity contribution >= 4 is 23.5 Å². The van der Waals surface area contributed by atoms with Crippen LogP contribution in [0.25, 0.3) is 0 Å². The van der Waals surface area contributed by atoms with Crippen molar-refractivity contribution in [3.63, 3.8) is 0 Å². The summed E-state index contributed by atoms with van der Waals surface area (Å²) in [5.41, 5.74) is 1.16. The largest absolute Gasteiger partial charge is 0.311 e. The lowest BCUT2D eigenvalue weighted by Crippen LogP contribution is -2.36. The van der Waals surface area contributed by atoms with E-state index in [2.05, 4.69) is 53.9 Å². The number of rotatable bonds is 3. The number of aromatic nitrogens is 2. The highest BCUT2D eigenvalue weighted by molar-refractivity contribution is 8.07. The fraction of sp³-hybridized carbons (Fsp3) is 0.750. The molecule has 0 aliphatic carbocycles. The van der Waals surface area contributed by atoms with Gasteiger partial charge in [0.15, 0.2) is 0 Å². The van der Waals surface area contributed by atoms with Crippen LogP contribution in [0.5, 0.6) is 0 Å². The maximum absolute atomic E-state index is 4.53. The molecule has 1 saturated heterocycles. The predicted molar refractivity (Wildman–Crippen MR) is 77.8 cm³/mol. The summed E-state index contributed by atoms with van der Waals surface area (Å²) in [6.07, 6.45) is 2.02. The minimum Gasteiger partial charge on any atom is -0.311 e. The van der Waals surface area contributed by atoms with Gasteiger partial charge in [0.25, 0.3) is 0 Å². The smallest absolute Gasteiger partial charge is 0.0805 e. The third kappa shape index (κ3) is 3.01. The number of hydrogen-bond acceptors (Lipinski definition) is 4. The monoisotopic (exact) mass is 271 g/mol. The minimum absolute atomic E-state index is 0.364. The topological polar surface area (TPSA) is 29.9 Å². The van der Waals surface area contributed by atoms with Crippen molar-refractivity contribution in [2.24, 2.45) is 7.05 Å². The Bertz CT molecular complexity index is 366. The molecular formula is C12H21N3S2. The van der Waals surface area contributed by atoms with Crippen molar-refractivity contribution in [3.8, 4) is 0 Å².